The van der Waals surface area contributed by atoms with Crippen LogP contribution in [0.2, 0.25) is 0 Å². The number of imidazole rings is 1. The third kappa shape index (κ3) is 3.49. The van der Waals surface area contributed by atoms with Crippen molar-refractivity contribution in [1.29, 1.82) is 0 Å². The summed E-state index contributed by atoms with van der Waals surface area (Å²) in [6.07, 6.45) is 7.94. The fraction of sp³-hybridized carbons (Fsp3) is 0.500. The molecule has 0 N–H and O–H groups in total. The van der Waals surface area contributed by atoms with E-state index in [1.807, 2.05) is 16.8 Å². The average molecular weight is 286 g/mol. The number of methoxy groups -OCH3 is 1. The van der Waals surface area contributed by atoms with Crippen LogP contribution < -0.4 is 0 Å². The summed E-state index contributed by atoms with van der Waals surface area (Å²) in [5, 5.41) is 0. The molecule has 1 saturated heterocycles. The van der Waals surface area contributed by atoms with E-state index in [2.05, 4.69) is 22.0 Å². The fourth-order valence-corrected chi connectivity index (χ4v) is 2.93. The molecule has 1 aliphatic heterocycles. The van der Waals surface area contributed by atoms with Crippen molar-refractivity contribution in [3.8, 4) is 5.82 Å². The summed E-state index contributed by atoms with van der Waals surface area (Å²) in [6.45, 7) is 4.05. The Morgan fingerprint density at radius 1 is 1.38 bits per heavy atom. The highest BCUT2D eigenvalue weighted by molar-refractivity contribution is 5.26. The Morgan fingerprint density at radius 2 is 2.33 bits per heavy atom. The molecule has 0 spiro atoms. The van der Waals surface area contributed by atoms with E-state index in [1.165, 1.54) is 25.1 Å². The molecular weight excluding hydrogens is 264 g/mol. The van der Waals surface area contributed by atoms with Crippen LogP contribution in [-0.4, -0.2) is 52.8 Å². The molecule has 0 bridgehead atoms. The lowest BCUT2D eigenvalue weighted by Gasteiger charge is -2.32. The zero-order chi connectivity index (χ0) is 14.5. The summed E-state index contributed by atoms with van der Waals surface area (Å²) in [4.78, 5) is 11.4. The van der Waals surface area contributed by atoms with Crippen molar-refractivity contribution >= 4 is 0 Å². The van der Waals surface area contributed by atoms with Crippen LogP contribution in [0.5, 0.6) is 0 Å². The molecule has 1 atom stereocenters. The second-order valence-corrected chi connectivity index (χ2v) is 5.52. The van der Waals surface area contributed by atoms with Crippen LogP contribution in [0.25, 0.3) is 5.82 Å². The lowest BCUT2D eigenvalue weighted by atomic mass is 9.94. The number of nitrogens with zero attached hydrogens (tertiary/aromatic N) is 4. The van der Waals surface area contributed by atoms with Gasteiger partial charge in [0, 0.05) is 44.2 Å². The van der Waals surface area contributed by atoms with E-state index in [1.54, 1.807) is 19.6 Å². The second-order valence-electron chi connectivity index (χ2n) is 5.52. The summed E-state index contributed by atoms with van der Waals surface area (Å²) >= 11 is 0. The summed E-state index contributed by atoms with van der Waals surface area (Å²) in [5.74, 6) is 1.46. The standard InChI is InChI=1S/C16H22N4O/c1-21-11-10-19-8-3-4-14(12-19)15-5-2-6-16(18-15)20-9-7-17-13-20/h2,5-7,9,13-14H,3-4,8,10-12H2,1H3/t14-/m1/s1. The van der Waals surface area contributed by atoms with Gasteiger partial charge in [0.15, 0.2) is 0 Å². The third-order valence-electron chi connectivity index (χ3n) is 4.06. The van der Waals surface area contributed by atoms with E-state index < -0.39 is 0 Å². The van der Waals surface area contributed by atoms with Crippen molar-refractivity contribution in [1.82, 2.24) is 19.4 Å². The predicted octanol–water partition coefficient (Wildman–Crippen LogP) is 2.09. The maximum Gasteiger partial charge on any atom is 0.138 e. The van der Waals surface area contributed by atoms with Crippen LogP contribution in [0.3, 0.4) is 0 Å². The molecule has 0 radical (unpaired) electrons. The molecule has 5 nitrogen and oxygen atoms in total. The second kappa shape index (κ2) is 6.83. The SMILES string of the molecule is COCCN1CCC[C@@H](c2cccc(-n3ccnc3)n2)C1. The topological polar surface area (TPSA) is 43.2 Å². The van der Waals surface area contributed by atoms with Crippen molar-refractivity contribution in [3.05, 3.63) is 42.6 Å². The van der Waals surface area contributed by atoms with Crippen LogP contribution >= 0.6 is 0 Å². The first-order chi connectivity index (χ1) is 10.4. The number of aromatic nitrogens is 3. The molecule has 5 heteroatoms. The third-order valence-corrected chi connectivity index (χ3v) is 4.06. The number of hydrogen-bond donors (Lipinski definition) is 0. The van der Waals surface area contributed by atoms with Crippen LogP contribution in [0.15, 0.2) is 36.9 Å². The Bertz CT molecular complexity index is 555. The van der Waals surface area contributed by atoms with Crippen molar-refractivity contribution in [2.75, 3.05) is 33.4 Å². The number of rotatable bonds is 5. The highest BCUT2D eigenvalue weighted by Crippen LogP contribution is 2.26. The first-order valence-corrected chi connectivity index (χ1v) is 7.53. The van der Waals surface area contributed by atoms with Gasteiger partial charge in [-0.1, -0.05) is 6.07 Å². The number of pyridine rings is 1. The maximum absolute atomic E-state index is 5.19. The van der Waals surface area contributed by atoms with Gasteiger partial charge >= 0.3 is 0 Å². The highest BCUT2D eigenvalue weighted by atomic mass is 16.5. The largest absolute Gasteiger partial charge is 0.383 e. The van der Waals surface area contributed by atoms with Crippen molar-refractivity contribution in [2.45, 2.75) is 18.8 Å². The van der Waals surface area contributed by atoms with Gasteiger partial charge in [-0.25, -0.2) is 9.97 Å². The first kappa shape index (κ1) is 14.2. The minimum absolute atomic E-state index is 0.513. The molecule has 3 heterocycles. The molecule has 112 valence electrons. The minimum Gasteiger partial charge on any atom is -0.383 e. The number of ether oxygens (including phenoxy) is 1. The minimum atomic E-state index is 0.513. The molecule has 3 rings (SSSR count). The molecule has 2 aromatic rings. The molecule has 21 heavy (non-hydrogen) atoms. The average Bonchev–Trinajstić information content (AvgIpc) is 3.08. The van der Waals surface area contributed by atoms with Crippen LogP contribution in [-0.2, 0) is 4.74 Å². The molecule has 1 aliphatic rings. The molecule has 0 amide bonds. The molecule has 1 fully saturated rings. The normalized spacial score (nSPS) is 19.8. The van der Waals surface area contributed by atoms with E-state index in [0.717, 1.165) is 25.5 Å². The summed E-state index contributed by atoms with van der Waals surface area (Å²) in [7, 11) is 1.76. The van der Waals surface area contributed by atoms with Gasteiger partial charge in [-0.15, -0.1) is 0 Å². The van der Waals surface area contributed by atoms with E-state index in [4.69, 9.17) is 9.72 Å². The highest BCUT2D eigenvalue weighted by Gasteiger charge is 2.22. The summed E-state index contributed by atoms with van der Waals surface area (Å²) in [5.41, 5.74) is 1.18. The van der Waals surface area contributed by atoms with Crippen molar-refractivity contribution < 1.29 is 4.74 Å². The lowest BCUT2D eigenvalue weighted by Crippen LogP contribution is -2.36. The molecule has 0 unspecified atom stereocenters. The molecular formula is C16H22N4O. The number of piperidine rings is 1. The van der Waals surface area contributed by atoms with Gasteiger partial charge in [-0.05, 0) is 31.5 Å². The van der Waals surface area contributed by atoms with E-state index in [-0.39, 0.29) is 0 Å². The summed E-state index contributed by atoms with van der Waals surface area (Å²) < 4.78 is 7.14. The molecule has 0 aliphatic carbocycles. The smallest absolute Gasteiger partial charge is 0.138 e. The van der Waals surface area contributed by atoms with Gasteiger partial charge < -0.3 is 9.64 Å². The zero-order valence-electron chi connectivity index (χ0n) is 12.5. The van der Waals surface area contributed by atoms with Crippen molar-refractivity contribution in [2.24, 2.45) is 0 Å². The fourth-order valence-electron chi connectivity index (χ4n) is 2.93. The van der Waals surface area contributed by atoms with Gasteiger partial charge in [-0.3, -0.25) is 4.57 Å². The van der Waals surface area contributed by atoms with Gasteiger partial charge in [0.25, 0.3) is 0 Å². The van der Waals surface area contributed by atoms with Gasteiger partial charge in [0.2, 0.25) is 0 Å². The van der Waals surface area contributed by atoms with Crippen LogP contribution in [0, 0.1) is 0 Å². The van der Waals surface area contributed by atoms with E-state index >= 15 is 0 Å². The quantitative estimate of drug-likeness (QED) is 0.844. The zero-order valence-corrected chi connectivity index (χ0v) is 12.5. The number of hydrogen-bond acceptors (Lipinski definition) is 4. The molecule has 2 aromatic heterocycles. The molecule has 0 saturated carbocycles. The predicted molar refractivity (Wildman–Crippen MR) is 81.7 cm³/mol. The maximum atomic E-state index is 5.19. The first-order valence-electron chi connectivity index (χ1n) is 7.53. The Hall–Kier alpha value is -1.72. The van der Waals surface area contributed by atoms with Crippen molar-refractivity contribution in [3.63, 3.8) is 0 Å². The van der Waals surface area contributed by atoms with Crippen LogP contribution in [0.4, 0.5) is 0 Å². The number of likely N-dealkylation sites (tertiary alicyclic amines) is 1. The monoisotopic (exact) mass is 286 g/mol. The van der Waals surface area contributed by atoms with Gasteiger partial charge in [0.1, 0.15) is 12.1 Å². The summed E-state index contributed by atoms with van der Waals surface area (Å²) in [6, 6.07) is 6.26. The Morgan fingerprint density at radius 3 is 3.14 bits per heavy atom. The lowest BCUT2D eigenvalue weighted by molar-refractivity contribution is 0.127. The van der Waals surface area contributed by atoms with Crippen LogP contribution in [0.1, 0.15) is 24.5 Å². The van der Waals surface area contributed by atoms with Gasteiger partial charge in [0.05, 0.1) is 6.61 Å². The Kier molecular flexibility index (Phi) is 4.62. The Balaban J connectivity index is 1.72. The Labute approximate surface area is 125 Å². The van der Waals surface area contributed by atoms with E-state index in [9.17, 15) is 0 Å². The van der Waals surface area contributed by atoms with Gasteiger partial charge in [-0.2, -0.15) is 0 Å². The molecule has 0 aromatic carbocycles. The van der Waals surface area contributed by atoms with E-state index in [0.29, 0.717) is 5.92 Å².